The maximum atomic E-state index is 12.2. The second kappa shape index (κ2) is 13.7. The van der Waals surface area contributed by atoms with Crippen LogP contribution in [-0.4, -0.2) is 31.8 Å². The standard InChI is InChI=1S/C16H13N3OS.C15H10ClN3OS/c1-11-2-4-13(5-3-11)18-15(20)14-10-21-16(19-14)12-6-8-17-9-7-12;16-11-5-1-2-6-12(11)18-14(20)13-9-21-15(19-13)10-4-3-7-17-8-10/h2-10H,1H3,(H,18,20);1-9H,(H,18,20). The number of pyridine rings is 2. The molecule has 11 heteroatoms. The van der Waals surface area contributed by atoms with Gasteiger partial charge in [-0.25, -0.2) is 9.97 Å². The molecule has 0 aliphatic carbocycles. The lowest BCUT2D eigenvalue weighted by molar-refractivity contribution is 0.101. The quantitative estimate of drug-likeness (QED) is 0.198. The fraction of sp³-hybridized carbons (Fsp3) is 0.0323. The highest BCUT2D eigenvalue weighted by Gasteiger charge is 2.14. The number of aromatic nitrogens is 4. The predicted octanol–water partition coefficient (Wildman–Crippen LogP) is 7.88. The van der Waals surface area contributed by atoms with Crippen molar-refractivity contribution in [3.05, 3.63) is 130 Å². The van der Waals surface area contributed by atoms with Gasteiger partial charge in [0.1, 0.15) is 21.4 Å². The molecule has 0 saturated heterocycles. The molecule has 0 atom stereocenters. The third-order valence-corrected chi connectivity index (χ3v) is 7.85. The first-order valence-electron chi connectivity index (χ1n) is 12.6. The van der Waals surface area contributed by atoms with E-state index in [0.717, 1.165) is 32.4 Å². The van der Waals surface area contributed by atoms with E-state index in [2.05, 4.69) is 30.6 Å². The number of benzene rings is 2. The van der Waals surface area contributed by atoms with Gasteiger partial charge in [0.05, 0.1) is 10.7 Å². The summed E-state index contributed by atoms with van der Waals surface area (Å²) in [4.78, 5) is 41.1. The van der Waals surface area contributed by atoms with Crippen molar-refractivity contribution in [1.29, 1.82) is 0 Å². The Hall–Kier alpha value is -4.77. The minimum Gasteiger partial charge on any atom is -0.321 e. The van der Waals surface area contributed by atoms with Crippen molar-refractivity contribution < 1.29 is 9.59 Å². The summed E-state index contributed by atoms with van der Waals surface area (Å²) in [6.45, 7) is 2.01. The highest BCUT2D eigenvalue weighted by atomic mass is 35.5. The lowest BCUT2D eigenvalue weighted by atomic mass is 10.2. The molecule has 0 bridgehead atoms. The number of amides is 2. The zero-order chi connectivity index (χ0) is 29.3. The number of rotatable bonds is 6. The van der Waals surface area contributed by atoms with E-state index in [1.165, 1.54) is 22.7 Å². The molecule has 6 aromatic rings. The summed E-state index contributed by atoms with van der Waals surface area (Å²) >= 11 is 8.86. The predicted molar refractivity (Wildman–Crippen MR) is 169 cm³/mol. The normalized spacial score (nSPS) is 10.3. The summed E-state index contributed by atoms with van der Waals surface area (Å²) in [5.41, 5.74) is 5.13. The number of hydrogen-bond acceptors (Lipinski definition) is 8. The molecule has 4 aromatic heterocycles. The minimum atomic E-state index is -0.283. The molecule has 0 aliphatic heterocycles. The van der Waals surface area contributed by atoms with Crippen LogP contribution in [0.5, 0.6) is 0 Å². The molecule has 2 N–H and O–H groups in total. The smallest absolute Gasteiger partial charge is 0.275 e. The minimum absolute atomic E-state index is 0.199. The number of thiazole rings is 2. The fourth-order valence-electron chi connectivity index (χ4n) is 3.59. The SMILES string of the molecule is Cc1ccc(NC(=O)c2csc(-c3ccncc3)n2)cc1.O=C(Nc1ccccc1Cl)c1csc(-c2cccnc2)n1. The highest BCUT2D eigenvalue weighted by molar-refractivity contribution is 7.13. The maximum absolute atomic E-state index is 12.2. The van der Waals surface area contributed by atoms with Crippen LogP contribution in [0.1, 0.15) is 26.5 Å². The third-order valence-electron chi connectivity index (χ3n) is 5.74. The van der Waals surface area contributed by atoms with Gasteiger partial charge >= 0.3 is 0 Å². The van der Waals surface area contributed by atoms with Crippen LogP contribution in [0, 0.1) is 6.92 Å². The summed E-state index contributed by atoms with van der Waals surface area (Å²) in [5.74, 6) is -0.482. The van der Waals surface area contributed by atoms with Crippen LogP contribution in [0.4, 0.5) is 11.4 Å². The van der Waals surface area contributed by atoms with E-state index in [4.69, 9.17) is 11.6 Å². The lowest BCUT2D eigenvalue weighted by Crippen LogP contribution is -2.12. The monoisotopic (exact) mass is 610 g/mol. The first-order valence-corrected chi connectivity index (χ1v) is 14.8. The zero-order valence-electron chi connectivity index (χ0n) is 22.2. The van der Waals surface area contributed by atoms with E-state index in [9.17, 15) is 9.59 Å². The Balaban J connectivity index is 0.000000168. The van der Waals surface area contributed by atoms with Gasteiger partial charge in [0.2, 0.25) is 0 Å². The Kier molecular flexibility index (Phi) is 9.40. The summed E-state index contributed by atoms with van der Waals surface area (Å²) in [6.07, 6.45) is 6.84. The van der Waals surface area contributed by atoms with Gasteiger partial charge in [0.15, 0.2) is 0 Å². The molecule has 0 saturated carbocycles. The van der Waals surface area contributed by atoms with Crippen LogP contribution in [0.3, 0.4) is 0 Å². The van der Waals surface area contributed by atoms with Gasteiger partial charge in [-0.1, -0.05) is 41.4 Å². The van der Waals surface area contributed by atoms with E-state index in [0.29, 0.717) is 22.1 Å². The number of anilines is 2. The Morgan fingerprint density at radius 3 is 1.98 bits per heavy atom. The van der Waals surface area contributed by atoms with Crippen molar-refractivity contribution in [3.63, 3.8) is 0 Å². The van der Waals surface area contributed by atoms with Gasteiger partial charge in [-0.3, -0.25) is 19.6 Å². The van der Waals surface area contributed by atoms with Crippen molar-refractivity contribution in [2.45, 2.75) is 6.92 Å². The first-order chi connectivity index (χ1) is 20.5. The summed E-state index contributed by atoms with van der Waals surface area (Å²) < 4.78 is 0. The summed E-state index contributed by atoms with van der Waals surface area (Å²) in [6, 6.07) is 22.2. The number of nitrogens with one attached hydrogen (secondary N) is 2. The van der Waals surface area contributed by atoms with Gasteiger partial charge in [-0.05, 0) is 55.5 Å². The number of hydrogen-bond donors (Lipinski definition) is 2. The number of para-hydroxylation sites is 1. The van der Waals surface area contributed by atoms with Crippen molar-refractivity contribution in [1.82, 2.24) is 19.9 Å². The van der Waals surface area contributed by atoms with Gasteiger partial charge in [0, 0.05) is 52.4 Å². The number of carbonyl (C=O) groups excluding carboxylic acids is 2. The number of aryl methyl sites for hydroxylation is 1. The summed E-state index contributed by atoms with van der Waals surface area (Å²) in [7, 11) is 0. The Labute approximate surface area is 255 Å². The molecule has 2 amide bonds. The third kappa shape index (κ3) is 7.49. The molecule has 2 aromatic carbocycles. The average molecular weight is 611 g/mol. The first kappa shape index (κ1) is 28.7. The van der Waals surface area contributed by atoms with Crippen LogP contribution in [0.15, 0.2) is 108 Å². The van der Waals surface area contributed by atoms with Crippen molar-refractivity contribution in [2.75, 3.05) is 10.6 Å². The van der Waals surface area contributed by atoms with E-state index in [-0.39, 0.29) is 11.8 Å². The van der Waals surface area contributed by atoms with E-state index < -0.39 is 0 Å². The molecule has 0 radical (unpaired) electrons. The van der Waals surface area contributed by atoms with Gasteiger partial charge in [-0.2, -0.15) is 0 Å². The fourth-order valence-corrected chi connectivity index (χ4v) is 5.37. The number of halogens is 1. The van der Waals surface area contributed by atoms with Crippen LogP contribution >= 0.6 is 34.3 Å². The Morgan fingerprint density at radius 1 is 0.690 bits per heavy atom. The zero-order valence-corrected chi connectivity index (χ0v) is 24.6. The largest absolute Gasteiger partial charge is 0.321 e. The molecule has 8 nitrogen and oxygen atoms in total. The van der Waals surface area contributed by atoms with Gasteiger partial charge < -0.3 is 10.6 Å². The molecule has 42 heavy (non-hydrogen) atoms. The lowest BCUT2D eigenvalue weighted by Gasteiger charge is -2.04. The van der Waals surface area contributed by atoms with Crippen LogP contribution < -0.4 is 10.6 Å². The van der Waals surface area contributed by atoms with Gasteiger partial charge in [0.25, 0.3) is 11.8 Å². The van der Waals surface area contributed by atoms with E-state index in [1.54, 1.807) is 53.7 Å². The molecule has 0 aliphatic rings. The molecular weight excluding hydrogens is 588 g/mol. The molecule has 4 heterocycles. The molecule has 0 spiro atoms. The molecular formula is C31H23ClN6O2S2. The second-order valence-corrected chi connectivity index (χ2v) is 10.9. The van der Waals surface area contributed by atoms with Crippen molar-refractivity contribution in [3.8, 4) is 21.1 Å². The van der Waals surface area contributed by atoms with Gasteiger partial charge in [-0.15, -0.1) is 22.7 Å². The van der Waals surface area contributed by atoms with Crippen LogP contribution in [0.2, 0.25) is 5.02 Å². The maximum Gasteiger partial charge on any atom is 0.275 e. The van der Waals surface area contributed by atoms with Crippen molar-refractivity contribution in [2.24, 2.45) is 0 Å². The summed E-state index contributed by atoms with van der Waals surface area (Å²) in [5, 5.41) is 11.1. The number of nitrogens with zero attached hydrogens (tertiary/aromatic N) is 4. The Bertz CT molecular complexity index is 1790. The van der Waals surface area contributed by atoms with E-state index in [1.807, 2.05) is 61.5 Å². The molecule has 0 fully saturated rings. The van der Waals surface area contributed by atoms with Crippen molar-refractivity contribution >= 4 is 57.5 Å². The highest BCUT2D eigenvalue weighted by Crippen LogP contribution is 2.25. The molecule has 208 valence electrons. The molecule has 6 rings (SSSR count). The molecule has 0 unspecified atom stereocenters. The van der Waals surface area contributed by atoms with Crippen LogP contribution in [-0.2, 0) is 0 Å². The topological polar surface area (TPSA) is 110 Å². The number of carbonyl (C=O) groups is 2. The van der Waals surface area contributed by atoms with Crippen LogP contribution in [0.25, 0.3) is 21.1 Å². The second-order valence-electron chi connectivity index (χ2n) is 8.81. The Morgan fingerprint density at radius 2 is 1.33 bits per heavy atom. The average Bonchev–Trinajstić information content (AvgIpc) is 3.72. The van der Waals surface area contributed by atoms with E-state index >= 15 is 0 Å².